The van der Waals surface area contributed by atoms with Gasteiger partial charge in [-0.05, 0) is 31.0 Å². The summed E-state index contributed by atoms with van der Waals surface area (Å²) >= 11 is 0. The van der Waals surface area contributed by atoms with Crippen LogP contribution in [0.3, 0.4) is 0 Å². The molecule has 0 amide bonds. The van der Waals surface area contributed by atoms with Crippen LogP contribution >= 0.6 is 0 Å². The molecule has 19 heavy (non-hydrogen) atoms. The molecule has 1 atom stereocenters. The Kier molecular flexibility index (Phi) is 4.17. The standard InChI is InChI=1S/C16H21N3/c1-12(17)15-9-10-16(18-13(15)2)19(3)11-14-7-5-4-6-8-14/h4-10,12H,11,17H2,1-3H3. The summed E-state index contributed by atoms with van der Waals surface area (Å²) in [5.41, 5.74) is 9.30. The fraction of sp³-hybridized carbons (Fsp3) is 0.312. The van der Waals surface area contributed by atoms with Crippen LogP contribution in [-0.4, -0.2) is 12.0 Å². The number of nitrogens with two attached hydrogens (primary N) is 1. The summed E-state index contributed by atoms with van der Waals surface area (Å²) in [6.45, 7) is 4.85. The summed E-state index contributed by atoms with van der Waals surface area (Å²) in [5, 5.41) is 0. The highest BCUT2D eigenvalue weighted by molar-refractivity contribution is 5.42. The van der Waals surface area contributed by atoms with Crippen molar-refractivity contribution in [3.63, 3.8) is 0 Å². The number of anilines is 1. The first-order chi connectivity index (χ1) is 9.08. The second-order valence-corrected chi connectivity index (χ2v) is 4.97. The maximum Gasteiger partial charge on any atom is 0.128 e. The van der Waals surface area contributed by atoms with Crippen molar-refractivity contribution in [2.24, 2.45) is 5.73 Å². The molecule has 2 rings (SSSR count). The van der Waals surface area contributed by atoms with Gasteiger partial charge in [-0.2, -0.15) is 0 Å². The van der Waals surface area contributed by atoms with Gasteiger partial charge >= 0.3 is 0 Å². The van der Waals surface area contributed by atoms with Gasteiger partial charge in [0.15, 0.2) is 0 Å². The second-order valence-electron chi connectivity index (χ2n) is 4.97. The monoisotopic (exact) mass is 255 g/mol. The van der Waals surface area contributed by atoms with Gasteiger partial charge < -0.3 is 10.6 Å². The van der Waals surface area contributed by atoms with Crippen LogP contribution in [-0.2, 0) is 6.54 Å². The maximum absolute atomic E-state index is 5.91. The molecule has 0 saturated heterocycles. The topological polar surface area (TPSA) is 42.2 Å². The molecule has 0 aliphatic rings. The Morgan fingerprint density at radius 3 is 2.42 bits per heavy atom. The van der Waals surface area contributed by atoms with Gasteiger partial charge in [0.05, 0.1) is 0 Å². The number of rotatable bonds is 4. The van der Waals surface area contributed by atoms with Crippen molar-refractivity contribution >= 4 is 5.82 Å². The average Bonchev–Trinajstić information content (AvgIpc) is 2.39. The van der Waals surface area contributed by atoms with Crippen LogP contribution < -0.4 is 10.6 Å². The van der Waals surface area contributed by atoms with E-state index in [1.807, 2.05) is 26.0 Å². The summed E-state index contributed by atoms with van der Waals surface area (Å²) in [6.07, 6.45) is 0. The number of nitrogens with zero attached hydrogens (tertiary/aromatic N) is 2. The van der Waals surface area contributed by atoms with Crippen molar-refractivity contribution in [3.05, 3.63) is 59.3 Å². The van der Waals surface area contributed by atoms with Gasteiger partial charge in [-0.15, -0.1) is 0 Å². The SMILES string of the molecule is Cc1nc(N(C)Cc2ccccc2)ccc1C(C)N. The lowest BCUT2D eigenvalue weighted by molar-refractivity contribution is 0.794. The van der Waals surface area contributed by atoms with E-state index in [1.54, 1.807) is 0 Å². The minimum Gasteiger partial charge on any atom is -0.355 e. The highest BCUT2D eigenvalue weighted by Gasteiger charge is 2.08. The normalized spacial score (nSPS) is 12.2. The first-order valence-electron chi connectivity index (χ1n) is 6.56. The van der Waals surface area contributed by atoms with E-state index in [2.05, 4.69) is 47.3 Å². The Balaban J connectivity index is 2.16. The van der Waals surface area contributed by atoms with Gasteiger partial charge in [0.2, 0.25) is 0 Å². The van der Waals surface area contributed by atoms with E-state index in [0.29, 0.717) is 0 Å². The number of aryl methyl sites for hydroxylation is 1. The molecule has 2 N–H and O–H groups in total. The summed E-state index contributed by atoms with van der Waals surface area (Å²) in [7, 11) is 2.06. The average molecular weight is 255 g/mol. The van der Waals surface area contributed by atoms with Gasteiger partial charge in [0.25, 0.3) is 0 Å². The van der Waals surface area contributed by atoms with Crippen LogP contribution in [0.5, 0.6) is 0 Å². The largest absolute Gasteiger partial charge is 0.355 e. The molecule has 0 aliphatic heterocycles. The van der Waals surface area contributed by atoms with Crippen molar-refractivity contribution in [2.75, 3.05) is 11.9 Å². The first kappa shape index (κ1) is 13.6. The Bertz CT molecular complexity index is 535. The van der Waals surface area contributed by atoms with Crippen molar-refractivity contribution in [2.45, 2.75) is 26.4 Å². The summed E-state index contributed by atoms with van der Waals surface area (Å²) < 4.78 is 0. The molecule has 100 valence electrons. The van der Waals surface area contributed by atoms with E-state index in [0.717, 1.165) is 23.6 Å². The quantitative estimate of drug-likeness (QED) is 0.913. The lowest BCUT2D eigenvalue weighted by Crippen LogP contribution is -2.18. The van der Waals surface area contributed by atoms with Crippen LogP contribution in [0.1, 0.15) is 29.8 Å². The predicted molar refractivity (Wildman–Crippen MR) is 80.1 cm³/mol. The zero-order valence-electron chi connectivity index (χ0n) is 11.8. The molecule has 1 aromatic heterocycles. The number of pyridine rings is 1. The summed E-state index contributed by atoms with van der Waals surface area (Å²) in [4.78, 5) is 6.78. The third-order valence-corrected chi connectivity index (χ3v) is 3.26. The van der Waals surface area contributed by atoms with E-state index in [4.69, 9.17) is 5.73 Å². The molecular weight excluding hydrogens is 234 g/mol. The molecule has 0 fully saturated rings. The van der Waals surface area contributed by atoms with Crippen LogP contribution in [0, 0.1) is 6.92 Å². The van der Waals surface area contributed by atoms with E-state index in [-0.39, 0.29) is 6.04 Å². The van der Waals surface area contributed by atoms with Gasteiger partial charge in [0.1, 0.15) is 5.82 Å². The maximum atomic E-state index is 5.91. The third-order valence-electron chi connectivity index (χ3n) is 3.26. The Hall–Kier alpha value is -1.87. The number of hydrogen-bond donors (Lipinski definition) is 1. The number of benzene rings is 1. The van der Waals surface area contributed by atoms with Crippen LogP contribution in [0.25, 0.3) is 0 Å². The number of aromatic nitrogens is 1. The zero-order chi connectivity index (χ0) is 13.8. The Morgan fingerprint density at radius 1 is 1.16 bits per heavy atom. The van der Waals surface area contributed by atoms with Crippen LogP contribution in [0.15, 0.2) is 42.5 Å². The lowest BCUT2D eigenvalue weighted by Gasteiger charge is -2.20. The molecule has 0 aliphatic carbocycles. The van der Waals surface area contributed by atoms with E-state index in [1.165, 1.54) is 5.56 Å². The minimum absolute atomic E-state index is 0.0287. The smallest absolute Gasteiger partial charge is 0.128 e. The minimum atomic E-state index is 0.0287. The van der Waals surface area contributed by atoms with Gasteiger partial charge in [0, 0.05) is 25.3 Å². The molecule has 3 heteroatoms. The fourth-order valence-electron chi connectivity index (χ4n) is 2.19. The highest BCUT2D eigenvalue weighted by Crippen LogP contribution is 2.19. The molecule has 0 bridgehead atoms. The van der Waals surface area contributed by atoms with E-state index < -0.39 is 0 Å². The number of hydrogen-bond acceptors (Lipinski definition) is 3. The van der Waals surface area contributed by atoms with Crippen molar-refractivity contribution in [1.29, 1.82) is 0 Å². The molecule has 1 unspecified atom stereocenters. The van der Waals surface area contributed by atoms with Gasteiger partial charge in [-0.3, -0.25) is 0 Å². The first-order valence-corrected chi connectivity index (χ1v) is 6.56. The second kappa shape index (κ2) is 5.85. The molecule has 1 aromatic carbocycles. The molecule has 0 saturated carbocycles. The van der Waals surface area contributed by atoms with Gasteiger partial charge in [-0.25, -0.2) is 4.98 Å². The van der Waals surface area contributed by atoms with Crippen molar-refractivity contribution in [1.82, 2.24) is 4.98 Å². The summed E-state index contributed by atoms with van der Waals surface area (Å²) in [6, 6.07) is 14.5. The third kappa shape index (κ3) is 3.32. The molecule has 1 heterocycles. The summed E-state index contributed by atoms with van der Waals surface area (Å²) in [5.74, 6) is 0.978. The molecule has 0 spiro atoms. The van der Waals surface area contributed by atoms with E-state index >= 15 is 0 Å². The van der Waals surface area contributed by atoms with E-state index in [9.17, 15) is 0 Å². The van der Waals surface area contributed by atoms with Crippen molar-refractivity contribution in [3.8, 4) is 0 Å². The predicted octanol–water partition coefficient (Wildman–Crippen LogP) is 3.05. The molecule has 0 radical (unpaired) electrons. The lowest BCUT2D eigenvalue weighted by atomic mass is 10.1. The van der Waals surface area contributed by atoms with Gasteiger partial charge in [-0.1, -0.05) is 36.4 Å². The fourth-order valence-corrected chi connectivity index (χ4v) is 2.19. The molecule has 3 nitrogen and oxygen atoms in total. The zero-order valence-corrected chi connectivity index (χ0v) is 11.8. The van der Waals surface area contributed by atoms with Crippen LogP contribution in [0.2, 0.25) is 0 Å². The molecule has 2 aromatic rings. The highest BCUT2D eigenvalue weighted by atomic mass is 15.2. The van der Waals surface area contributed by atoms with Crippen molar-refractivity contribution < 1.29 is 0 Å². The Labute approximate surface area is 115 Å². The molecular formula is C16H21N3. The van der Waals surface area contributed by atoms with Crippen LogP contribution in [0.4, 0.5) is 5.82 Å². The Morgan fingerprint density at radius 2 is 1.84 bits per heavy atom.